The Balaban J connectivity index is 2.58. The third-order valence-electron chi connectivity index (χ3n) is 1.43. The molecule has 1 rings (SSSR count). The molecular formula is C9H9BrClNO. The van der Waals surface area contributed by atoms with Gasteiger partial charge in [0, 0.05) is 22.5 Å². The van der Waals surface area contributed by atoms with Gasteiger partial charge in [0.25, 0.3) is 0 Å². The first-order chi connectivity index (χ1) is 6.22. The Hall–Kier alpha value is -0.540. The number of hydrogen-bond donors (Lipinski definition) is 1. The second-order valence-corrected chi connectivity index (χ2v) is 3.73. The SMILES string of the molecule is O=C(CCBr)Nc1cccc(Cl)c1. The quantitative estimate of drug-likeness (QED) is 0.834. The predicted molar refractivity (Wildman–Crippen MR) is 58.5 cm³/mol. The summed E-state index contributed by atoms with van der Waals surface area (Å²) in [6, 6.07) is 7.08. The van der Waals surface area contributed by atoms with Crippen LogP contribution in [-0.2, 0) is 4.79 Å². The number of carbonyl (C=O) groups is 1. The smallest absolute Gasteiger partial charge is 0.225 e. The van der Waals surface area contributed by atoms with Crippen molar-refractivity contribution in [2.75, 3.05) is 10.6 Å². The van der Waals surface area contributed by atoms with Gasteiger partial charge in [0.15, 0.2) is 0 Å². The van der Waals surface area contributed by atoms with Gasteiger partial charge in [0.2, 0.25) is 5.91 Å². The number of alkyl halides is 1. The minimum Gasteiger partial charge on any atom is -0.326 e. The molecule has 4 heteroatoms. The van der Waals surface area contributed by atoms with Crippen LogP contribution in [0.1, 0.15) is 6.42 Å². The fourth-order valence-corrected chi connectivity index (χ4v) is 1.43. The lowest BCUT2D eigenvalue weighted by Gasteiger charge is -2.03. The van der Waals surface area contributed by atoms with Crippen LogP contribution in [-0.4, -0.2) is 11.2 Å². The van der Waals surface area contributed by atoms with E-state index in [2.05, 4.69) is 21.2 Å². The molecule has 0 saturated heterocycles. The van der Waals surface area contributed by atoms with E-state index in [1.165, 1.54) is 0 Å². The van der Waals surface area contributed by atoms with Crippen LogP contribution < -0.4 is 5.32 Å². The molecule has 13 heavy (non-hydrogen) atoms. The fourth-order valence-electron chi connectivity index (χ4n) is 0.876. The predicted octanol–water partition coefficient (Wildman–Crippen LogP) is 3.06. The Labute approximate surface area is 90.4 Å². The Morgan fingerprint density at radius 2 is 2.31 bits per heavy atom. The van der Waals surface area contributed by atoms with Crippen LogP contribution in [0.25, 0.3) is 0 Å². The van der Waals surface area contributed by atoms with Crippen molar-refractivity contribution in [2.24, 2.45) is 0 Å². The second-order valence-electron chi connectivity index (χ2n) is 2.50. The molecule has 0 atom stereocenters. The molecule has 70 valence electrons. The van der Waals surface area contributed by atoms with Crippen molar-refractivity contribution in [3.8, 4) is 0 Å². The summed E-state index contributed by atoms with van der Waals surface area (Å²) >= 11 is 8.94. The number of carbonyl (C=O) groups excluding carboxylic acids is 1. The van der Waals surface area contributed by atoms with Gasteiger partial charge in [-0.05, 0) is 18.2 Å². The largest absolute Gasteiger partial charge is 0.326 e. The second kappa shape index (κ2) is 5.25. The van der Waals surface area contributed by atoms with E-state index in [9.17, 15) is 4.79 Å². The summed E-state index contributed by atoms with van der Waals surface area (Å²) in [5.41, 5.74) is 0.735. The summed E-state index contributed by atoms with van der Waals surface area (Å²) in [7, 11) is 0. The van der Waals surface area contributed by atoms with Crippen LogP contribution in [0.15, 0.2) is 24.3 Å². The van der Waals surface area contributed by atoms with E-state index >= 15 is 0 Å². The van der Waals surface area contributed by atoms with Crippen molar-refractivity contribution in [1.29, 1.82) is 0 Å². The maximum absolute atomic E-state index is 11.1. The molecular weight excluding hydrogens is 253 g/mol. The number of hydrogen-bond acceptors (Lipinski definition) is 1. The van der Waals surface area contributed by atoms with Crippen molar-refractivity contribution in [3.05, 3.63) is 29.3 Å². The summed E-state index contributed by atoms with van der Waals surface area (Å²) in [5, 5.41) is 4.02. The summed E-state index contributed by atoms with van der Waals surface area (Å²) in [6.45, 7) is 0. The van der Waals surface area contributed by atoms with Crippen LogP contribution in [0.2, 0.25) is 5.02 Å². The van der Waals surface area contributed by atoms with Crippen LogP contribution in [0.3, 0.4) is 0 Å². The van der Waals surface area contributed by atoms with Gasteiger partial charge in [-0.2, -0.15) is 0 Å². The van der Waals surface area contributed by atoms with E-state index in [-0.39, 0.29) is 5.91 Å². The van der Waals surface area contributed by atoms with Gasteiger partial charge in [0.1, 0.15) is 0 Å². The molecule has 1 aromatic rings. The molecule has 0 fully saturated rings. The van der Waals surface area contributed by atoms with Crippen molar-refractivity contribution >= 4 is 39.1 Å². The summed E-state index contributed by atoms with van der Waals surface area (Å²) in [6.07, 6.45) is 0.465. The molecule has 0 heterocycles. The standard InChI is InChI=1S/C9H9BrClNO/c10-5-4-9(13)12-8-3-1-2-7(11)6-8/h1-3,6H,4-5H2,(H,12,13). The van der Waals surface area contributed by atoms with Crippen LogP contribution in [0, 0.1) is 0 Å². The molecule has 2 nitrogen and oxygen atoms in total. The van der Waals surface area contributed by atoms with Gasteiger partial charge in [-0.3, -0.25) is 4.79 Å². The molecule has 0 aromatic heterocycles. The Bertz CT molecular complexity index is 303. The monoisotopic (exact) mass is 261 g/mol. The van der Waals surface area contributed by atoms with Crippen molar-refractivity contribution in [2.45, 2.75) is 6.42 Å². The van der Waals surface area contributed by atoms with Crippen molar-refractivity contribution < 1.29 is 4.79 Å². The summed E-state index contributed by atoms with van der Waals surface area (Å²) < 4.78 is 0. The lowest BCUT2D eigenvalue weighted by molar-refractivity contribution is -0.115. The zero-order valence-corrected chi connectivity index (χ0v) is 9.23. The molecule has 0 aliphatic rings. The highest BCUT2D eigenvalue weighted by molar-refractivity contribution is 9.09. The van der Waals surface area contributed by atoms with Crippen molar-refractivity contribution in [1.82, 2.24) is 0 Å². The average Bonchev–Trinajstić information content (AvgIpc) is 2.04. The number of anilines is 1. The van der Waals surface area contributed by atoms with Gasteiger partial charge in [-0.1, -0.05) is 33.6 Å². The minimum absolute atomic E-state index is 0.0147. The van der Waals surface area contributed by atoms with Crippen molar-refractivity contribution in [3.63, 3.8) is 0 Å². The molecule has 0 saturated carbocycles. The van der Waals surface area contributed by atoms with Gasteiger partial charge >= 0.3 is 0 Å². The highest BCUT2D eigenvalue weighted by Gasteiger charge is 2.00. The zero-order chi connectivity index (χ0) is 9.68. The maximum atomic E-state index is 11.1. The van der Waals surface area contributed by atoms with Crippen LogP contribution in [0.5, 0.6) is 0 Å². The molecule has 0 aliphatic carbocycles. The lowest BCUT2D eigenvalue weighted by atomic mass is 10.3. The Kier molecular flexibility index (Phi) is 4.25. The third-order valence-corrected chi connectivity index (χ3v) is 2.06. The van der Waals surface area contributed by atoms with Gasteiger partial charge in [-0.15, -0.1) is 0 Å². The Morgan fingerprint density at radius 3 is 2.92 bits per heavy atom. The molecule has 1 N–H and O–H groups in total. The molecule has 1 amide bonds. The van der Waals surface area contributed by atoms with E-state index in [1.807, 2.05) is 0 Å². The van der Waals surface area contributed by atoms with Gasteiger partial charge < -0.3 is 5.32 Å². The highest BCUT2D eigenvalue weighted by atomic mass is 79.9. The van der Waals surface area contributed by atoms with Crippen LogP contribution in [0.4, 0.5) is 5.69 Å². The van der Waals surface area contributed by atoms with E-state index in [0.717, 1.165) is 5.69 Å². The molecule has 0 spiro atoms. The fraction of sp³-hybridized carbons (Fsp3) is 0.222. The lowest BCUT2D eigenvalue weighted by Crippen LogP contribution is -2.11. The first kappa shape index (κ1) is 10.5. The van der Waals surface area contributed by atoms with Gasteiger partial charge in [0.05, 0.1) is 0 Å². The normalized spacial score (nSPS) is 9.69. The molecule has 0 radical (unpaired) electrons. The Morgan fingerprint density at radius 1 is 1.54 bits per heavy atom. The zero-order valence-electron chi connectivity index (χ0n) is 6.89. The van der Waals surface area contributed by atoms with E-state index < -0.39 is 0 Å². The van der Waals surface area contributed by atoms with Gasteiger partial charge in [-0.25, -0.2) is 0 Å². The third kappa shape index (κ3) is 3.79. The van der Waals surface area contributed by atoms with E-state index in [1.54, 1.807) is 24.3 Å². The first-order valence-corrected chi connectivity index (χ1v) is 5.33. The van der Waals surface area contributed by atoms with E-state index in [0.29, 0.717) is 16.8 Å². The highest BCUT2D eigenvalue weighted by Crippen LogP contribution is 2.14. The summed E-state index contributed by atoms with van der Waals surface area (Å²) in [4.78, 5) is 11.1. The van der Waals surface area contributed by atoms with Crippen LogP contribution >= 0.6 is 27.5 Å². The number of nitrogens with one attached hydrogen (secondary N) is 1. The summed E-state index contributed by atoms with van der Waals surface area (Å²) in [5.74, 6) is -0.0147. The number of halogens is 2. The average molecular weight is 263 g/mol. The number of benzene rings is 1. The minimum atomic E-state index is -0.0147. The molecule has 0 bridgehead atoms. The maximum Gasteiger partial charge on any atom is 0.225 e. The first-order valence-electron chi connectivity index (χ1n) is 3.84. The molecule has 1 aromatic carbocycles. The number of rotatable bonds is 3. The molecule has 0 aliphatic heterocycles. The number of amides is 1. The topological polar surface area (TPSA) is 29.1 Å². The molecule has 0 unspecified atom stereocenters. The van der Waals surface area contributed by atoms with E-state index in [4.69, 9.17) is 11.6 Å².